The molecule has 1 aromatic carbocycles. The van der Waals surface area contributed by atoms with Crippen molar-refractivity contribution >= 4 is 17.0 Å². The molecule has 1 aliphatic heterocycles. The Morgan fingerprint density at radius 2 is 1.96 bits per heavy atom. The van der Waals surface area contributed by atoms with E-state index in [0.717, 1.165) is 16.9 Å². The normalized spacial score (nSPS) is 12.5. The van der Waals surface area contributed by atoms with Gasteiger partial charge >= 0.3 is 0 Å². The molecule has 3 heterocycles. The zero-order valence-corrected chi connectivity index (χ0v) is 12.9. The molecule has 0 saturated carbocycles. The van der Waals surface area contributed by atoms with Crippen molar-refractivity contribution < 1.29 is 4.92 Å². The Morgan fingerprint density at radius 1 is 1.17 bits per heavy atom. The fourth-order valence-corrected chi connectivity index (χ4v) is 4.06. The molecular weight excluding hydrogens is 312 g/mol. The summed E-state index contributed by atoms with van der Waals surface area (Å²) >= 11 is 1.45. The number of fused-ring (bicyclic) bond motifs is 3. The predicted octanol–water partition coefficient (Wildman–Crippen LogP) is 3.71. The second-order valence-corrected chi connectivity index (χ2v) is 6.31. The van der Waals surface area contributed by atoms with Gasteiger partial charge in [0.15, 0.2) is 0 Å². The summed E-state index contributed by atoms with van der Waals surface area (Å²) in [7, 11) is 0. The second-order valence-electron chi connectivity index (χ2n) is 5.40. The van der Waals surface area contributed by atoms with E-state index in [2.05, 4.69) is 0 Å². The molecule has 0 radical (unpaired) electrons. The average molecular weight is 324 g/mol. The van der Waals surface area contributed by atoms with E-state index in [1.165, 1.54) is 17.4 Å². The van der Waals surface area contributed by atoms with Crippen LogP contribution in [0.5, 0.6) is 0 Å². The largest absolute Gasteiger partial charge is 0.301 e. The lowest BCUT2D eigenvalue weighted by Crippen LogP contribution is -2.27. The van der Waals surface area contributed by atoms with Crippen LogP contribution in [0.1, 0.15) is 5.56 Å². The third-order valence-electron chi connectivity index (χ3n) is 4.12. The van der Waals surface area contributed by atoms with Gasteiger partial charge in [0.25, 0.3) is 11.2 Å². The number of nitro groups is 1. The highest BCUT2D eigenvalue weighted by Crippen LogP contribution is 2.39. The molecule has 4 rings (SSSR count). The lowest BCUT2D eigenvalue weighted by Gasteiger charge is -2.19. The van der Waals surface area contributed by atoms with E-state index < -0.39 is 4.92 Å². The smallest absolute Gasteiger partial charge is 0.295 e. The first-order chi connectivity index (χ1) is 11.2. The van der Waals surface area contributed by atoms with Crippen molar-refractivity contribution in [2.75, 3.05) is 0 Å². The van der Waals surface area contributed by atoms with Crippen molar-refractivity contribution in [3.05, 3.63) is 73.9 Å². The Bertz CT molecular complexity index is 973. The van der Waals surface area contributed by atoms with Crippen molar-refractivity contribution in [1.29, 1.82) is 0 Å². The van der Waals surface area contributed by atoms with Gasteiger partial charge in [-0.15, -0.1) is 11.3 Å². The Balaban J connectivity index is 2.07. The first kappa shape index (κ1) is 13.9. The first-order valence-corrected chi connectivity index (χ1v) is 8.09. The van der Waals surface area contributed by atoms with Crippen LogP contribution < -0.4 is 5.56 Å². The van der Waals surface area contributed by atoms with E-state index in [4.69, 9.17) is 0 Å². The molecular formula is C17H12N2O3S. The SMILES string of the molecule is O=c1c(-c2ccccc2)cc([N+](=O)[O-])c2n1CCc1ccsc1-2. The molecule has 5 nitrogen and oxygen atoms in total. The zero-order chi connectivity index (χ0) is 16.0. The highest BCUT2D eigenvalue weighted by molar-refractivity contribution is 7.13. The van der Waals surface area contributed by atoms with Gasteiger partial charge in [0, 0.05) is 12.6 Å². The van der Waals surface area contributed by atoms with Crippen molar-refractivity contribution in [3.63, 3.8) is 0 Å². The number of aromatic nitrogens is 1. The number of hydrogen-bond donors (Lipinski definition) is 0. The number of nitrogens with zero attached hydrogens (tertiary/aromatic N) is 2. The minimum absolute atomic E-state index is 0.00754. The van der Waals surface area contributed by atoms with Crippen LogP contribution in [0.25, 0.3) is 21.7 Å². The highest BCUT2D eigenvalue weighted by Gasteiger charge is 2.29. The Kier molecular flexibility index (Phi) is 3.12. The number of thiophene rings is 1. The number of benzene rings is 1. The summed E-state index contributed by atoms with van der Waals surface area (Å²) in [6.07, 6.45) is 0.723. The quantitative estimate of drug-likeness (QED) is 0.533. The molecule has 0 amide bonds. The maximum absolute atomic E-state index is 12.9. The standard InChI is InChI=1S/C17H12N2O3S/c20-17-13(11-4-2-1-3-5-11)10-14(19(21)22)15-16-12(7-9-23-16)6-8-18(15)17/h1-5,7,9-10H,6,8H2. The van der Waals surface area contributed by atoms with Crippen molar-refractivity contribution in [2.24, 2.45) is 0 Å². The van der Waals surface area contributed by atoms with Crippen molar-refractivity contribution in [2.45, 2.75) is 13.0 Å². The summed E-state index contributed by atoms with van der Waals surface area (Å²) in [5.74, 6) is 0. The van der Waals surface area contributed by atoms with Gasteiger partial charge < -0.3 is 4.57 Å². The number of aryl methyl sites for hydroxylation is 1. The van der Waals surface area contributed by atoms with Gasteiger partial charge in [-0.25, -0.2) is 0 Å². The lowest BCUT2D eigenvalue weighted by atomic mass is 10.0. The van der Waals surface area contributed by atoms with Crippen molar-refractivity contribution in [1.82, 2.24) is 4.57 Å². The van der Waals surface area contributed by atoms with Crippen LogP contribution in [0.4, 0.5) is 5.69 Å². The van der Waals surface area contributed by atoms with Gasteiger partial charge in [0.05, 0.1) is 15.4 Å². The van der Waals surface area contributed by atoms with Crippen LogP contribution in [0.3, 0.4) is 0 Å². The molecule has 0 saturated heterocycles. The van der Waals surface area contributed by atoms with Crippen LogP contribution in [0.2, 0.25) is 0 Å². The van der Waals surface area contributed by atoms with Gasteiger partial charge in [0.2, 0.25) is 0 Å². The van der Waals surface area contributed by atoms with Gasteiger partial charge in [-0.05, 0) is 29.0 Å². The maximum atomic E-state index is 12.9. The number of rotatable bonds is 2. The summed E-state index contributed by atoms with van der Waals surface area (Å²) in [6, 6.07) is 12.5. The predicted molar refractivity (Wildman–Crippen MR) is 89.8 cm³/mol. The number of hydrogen-bond acceptors (Lipinski definition) is 4. The topological polar surface area (TPSA) is 65.1 Å². The third-order valence-corrected chi connectivity index (χ3v) is 5.08. The molecule has 0 N–H and O–H groups in total. The zero-order valence-electron chi connectivity index (χ0n) is 12.1. The van der Waals surface area contributed by atoms with Crippen LogP contribution in [-0.4, -0.2) is 9.49 Å². The summed E-state index contributed by atoms with van der Waals surface area (Å²) in [5.41, 5.74) is 2.41. The molecule has 0 aliphatic carbocycles. The molecule has 2 aromatic heterocycles. The van der Waals surface area contributed by atoms with Crippen LogP contribution in [0.15, 0.2) is 52.6 Å². The second kappa shape index (κ2) is 5.17. The molecule has 0 spiro atoms. The summed E-state index contributed by atoms with van der Waals surface area (Å²) in [4.78, 5) is 24.9. The van der Waals surface area contributed by atoms with Crippen LogP contribution >= 0.6 is 11.3 Å². The Labute approximate surface area is 135 Å². The van der Waals surface area contributed by atoms with E-state index >= 15 is 0 Å². The molecule has 0 bridgehead atoms. The van der Waals surface area contributed by atoms with Crippen molar-refractivity contribution in [3.8, 4) is 21.7 Å². The van der Waals surface area contributed by atoms with Gasteiger partial charge in [-0.2, -0.15) is 0 Å². The average Bonchev–Trinajstić information content (AvgIpc) is 3.04. The van der Waals surface area contributed by atoms with Gasteiger partial charge in [-0.3, -0.25) is 14.9 Å². The first-order valence-electron chi connectivity index (χ1n) is 7.21. The van der Waals surface area contributed by atoms with Crippen LogP contribution in [-0.2, 0) is 13.0 Å². The molecule has 0 atom stereocenters. The summed E-state index contributed by atoms with van der Waals surface area (Å²) in [6.45, 7) is 0.472. The molecule has 6 heteroatoms. The molecule has 1 aliphatic rings. The Morgan fingerprint density at radius 3 is 2.70 bits per heavy atom. The lowest BCUT2D eigenvalue weighted by molar-refractivity contribution is -0.384. The fourth-order valence-electron chi connectivity index (χ4n) is 3.04. The molecule has 0 fully saturated rings. The van der Waals surface area contributed by atoms with E-state index in [-0.39, 0.29) is 11.2 Å². The molecule has 114 valence electrons. The highest BCUT2D eigenvalue weighted by atomic mass is 32.1. The monoisotopic (exact) mass is 324 g/mol. The van der Waals surface area contributed by atoms with E-state index in [1.54, 1.807) is 16.7 Å². The minimum Gasteiger partial charge on any atom is -0.301 e. The van der Waals surface area contributed by atoms with E-state index in [0.29, 0.717) is 23.4 Å². The molecule has 3 aromatic rings. The molecule has 23 heavy (non-hydrogen) atoms. The molecule has 0 unspecified atom stereocenters. The summed E-state index contributed by atoms with van der Waals surface area (Å²) < 4.78 is 1.55. The van der Waals surface area contributed by atoms with E-state index in [9.17, 15) is 14.9 Å². The number of pyridine rings is 1. The van der Waals surface area contributed by atoms with Gasteiger partial charge in [0.1, 0.15) is 5.69 Å². The third kappa shape index (κ3) is 2.10. The maximum Gasteiger partial charge on any atom is 0.295 e. The minimum atomic E-state index is -0.396. The summed E-state index contributed by atoms with van der Waals surface area (Å²) in [5, 5.41) is 13.5. The fraction of sp³-hybridized carbons (Fsp3) is 0.118. The Hall–Kier alpha value is -2.73. The van der Waals surface area contributed by atoms with E-state index in [1.807, 2.05) is 29.6 Å². The van der Waals surface area contributed by atoms with Crippen LogP contribution in [0, 0.1) is 10.1 Å². The van der Waals surface area contributed by atoms with Gasteiger partial charge in [-0.1, -0.05) is 30.3 Å².